The van der Waals surface area contributed by atoms with Crippen LogP contribution in [-0.2, 0) is 6.18 Å². The van der Waals surface area contributed by atoms with Gasteiger partial charge in [0.15, 0.2) is 17.3 Å². The predicted octanol–water partition coefficient (Wildman–Crippen LogP) is 4.87. The van der Waals surface area contributed by atoms with Gasteiger partial charge in [0.25, 0.3) is 0 Å². The fourth-order valence-electron chi connectivity index (χ4n) is 1.84. The molecular formula is C15H14F6N4. The zero-order valence-corrected chi connectivity index (χ0v) is 13.4. The average Bonchev–Trinajstić information content (AvgIpc) is 2.39. The van der Waals surface area contributed by atoms with Gasteiger partial charge < -0.3 is 10.6 Å². The number of aromatic nitrogens is 2. The Kier molecular flexibility index (Phi) is 4.83. The number of alkyl halides is 3. The number of anilines is 3. The molecule has 0 amide bonds. The molecule has 0 radical (unpaired) electrons. The van der Waals surface area contributed by atoms with Gasteiger partial charge >= 0.3 is 6.18 Å². The summed E-state index contributed by atoms with van der Waals surface area (Å²) in [5, 5.41) is 4.75. The molecule has 1 heterocycles. The molecule has 0 fully saturated rings. The fourth-order valence-corrected chi connectivity index (χ4v) is 1.84. The van der Waals surface area contributed by atoms with Crippen molar-refractivity contribution in [3.8, 4) is 0 Å². The number of hydrogen-bond acceptors (Lipinski definition) is 4. The summed E-state index contributed by atoms with van der Waals surface area (Å²) in [4.78, 5) is 7.13. The molecule has 0 saturated heterocycles. The average molecular weight is 364 g/mol. The van der Waals surface area contributed by atoms with Crippen molar-refractivity contribution in [1.82, 2.24) is 9.97 Å². The summed E-state index contributed by atoms with van der Waals surface area (Å²) < 4.78 is 79.2. The minimum absolute atomic E-state index is 0.382. The van der Waals surface area contributed by atoms with Crippen LogP contribution in [0.15, 0.2) is 18.2 Å². The first-order chi connectivity index (χ1) is 11.3. The Balaban J connectivity index is 2.48. The van der Waals surface area contributed by atoms with Gasteiger partial charge in [-0.1, -0.05) is 0 Å². The van der Waals surface area contributed by atoms with Crippen molar-refractivity contribution in [3.63, 3.8) is 0 Å². The Morgan fingerprint density at radius 1 is 0.880 bits per heavy atom. The number of halogens is 6. The van der Waals surface area contributed by atoms with Crippen LogP contribution >= 0.6 is 0 Å². The topological polar surface area (TPSA) is 49.8 Å². The Labute approximate surface area is 139 Å². The molecule has 2 aromatic rings. The highest BCUT2D eigenvalue weighted by atomic mass is 19.4. The quantitative estimate of drug-likeness (QED) is 0.763. The molecule has 0 aliphatic carbocycles. The molecular weight excluding hydrogens is 350 g/mol. The molecule has 2 N–H and O–H groups in total. The van der Waals surface area contributed by atoms with Crippen molar-refractivity contribution in [1.29, 1.82) is 0 Å². The zero-order chi connectivity index (χ0) is 19.0. The smallest absolute Gasteiger partial charge is 0.350 e. The van der Waals surface area contributed by atoms with Crippen molar-refractivity contribution < 1.29 is 26.3 Å². The first-order valence-corrected chi connectivity index (χ1v) is 7.01. The number of nitrogens with zero attached hydrogens (tertiary/aromatic N) is 2. The van der Waals surface area contributed by atoms with Gasteiger partial charge in [-0.2, -0.15) is 18.2 Å². The zero-order valence-electron chi connectivity index (χ0n) is 13.4. The number of benzene rings is 1. The van der Waals surface area contributed by atoms with Crippen LogP contribution in [0.25, 0.3) is 0 Å². The molecule has 0 aliphatic rings. The summed E-state index contributed by atoms with van der Waals surface area (Å²) in [5.41, 5.74) is -2.79. The normalized spacial score (nSPS) is 12.2. The van der Waals surface area contributed by atoms with Crippen LogP contribution in [0.5, 0.6) is 0 Å². The summed E-state index contributed by atoms with van der Waals surface area (Å²) >= 11 is 0. The van der Waals surface area contributed by atoms with E-state index in [2.05, 4.69) is 20.6 Å². The highest BCUT2D eigenvalue weighted by molar-refractivity contribution is 5.59. The maximum Gasteiger partial charge on any atom is 0.433 e. The first-order valence-electron chi connectivity index (χ1n) is 7.01. The molecule has 10 heteroatoms. The van der Waals surface area contributed by atoms with Crippen molar-refractivity contribution in [2.24, 2.45) is 0 Å². The van der Waals surface area contributed by atoms with E-state index in [1.807, 2.05) is 0 Å². The number of nitrogens with one attached hydrogen (secondary N) is 2. The highest BCUT2D eigenvalue weighted by Crippen LogP contribution is 2.32. The molecule has 0 aliphatic heterocycles. The molecule has 1 aromatic heterocycles. The Hall–Kier alpha value is -2.52. The van der Waals surface area contributed by atoms with Gasteiger partial charge in [0.05, 0.1) is 0 Å². The summed E-state index contributed by atoms with van der Waals surface area (Å²) in [5.74, 6) is -4.66. The van der Waals surface area contributed by atoms with E-state index in [-0.39, 0.29) is 5.95 Å². The van der Waals surface area contributed by atoms with Crippen molar-refractivity contribution in [3.05, 3.63) is 41.3 Å². The minimum atomic E-state index is -4.80. The lowest BCUT2D eigenvalue weighted by atomic mass is 10.1. The molecule has 0 saturated carbocycles. The largest absolute Gasteiger partial charge is 0.433 e. The van der Waals surface area contributed by atoms with Gasteiger partial charge in [-0.25, -0.2) is 18.2 Å². The molecule has 0 unspecified atom stereocenters. The van der Waals surface area contributed by atoms with E-state index in [4.69, 9.17) is 0 Å². The lowest BCUT2D eigenvalue weighted by molar-refractivity contribution is -0.141. The maximum atomic E-state index is 13.7. The third-order valence-electron chi connectivity index (χ3n) is 2.76. The second-order valence-electron chi connectivity index (χ2n) is 6.20. The molecule has 136 valence electrons. The molecule has 25 heavy (non-hydrogen) atoms. The van der Waals surface area contributed by atoms with E-state index >= 15 is 0 Å². The summed E-state index contributed by atoms with van der Waals surface area (Å²) in [6.45, 7) is 5.01. The third-order valence-corrected chi connectivity index (χ3v) is 2.76. The monoisotopic (exact) mass is 364 g/mol. The lowest BCUT2D eigenvalue weighted by Crippen LogP contribution is -2.28. The van der Waals surface area contributed by atoms with Crippen molar-refractivity contribution in [2.75, 3.05) is 10.6 Å². The van der Waals surface area contributed by atoms with Crippen LogP contribution in [-0.4, -0.2) is 15.5 Å². The summed E-state index contributed by atoms with van der Waals surface area (Å²) in [7, 11) is 0. The fraction of sp³-hybridized carbons (Fsp3) is 0.333. The van der Waals surface area contributed by atoms with Crippen molar-refractivity contribution in [2.45, 2.75) is 32.5 Å². The number of hydrogen-bond donors (Lipinski definition) is 2. The van der Waals surface area contributed by atoms with Gasteiger partial charge in [-0.15, -0.1) is 0 Å². The molecule has 4 nitrogen and oxygen atoms in total. The third kappa shape index (κ3) is 4.97. The van der Waals surface area contributed by atoms with Crippen LogP contribution in [0.1, 0.15) is 26.5 Å². The Morgan fingerprint density at radius 3 is 1.92 bits per heavy atom. The van der Waals surface area contributed by atoms with E-state index in [1.54, 1.807) is 20.8 Å². The van der Waals surface area contributed by atoms with Crippen LogP contribution < -0.4 is 10.6 Å². The SMILES string of the molecule is CC(C)(C)Nc1nc(Nc2c(F)cc(F)cc2F)cc(C(F)(F)F)n1. The second kappa shape index (κ2) is 6.41. The standard InChI is InChI=1S/C15H14F6N4/c1-14(2,3)25-13-22-10(15(19,20)21)6-11(24-13)23-12-8(17)4-7(16)5-9(12)18/h4-6H,1-3H3,(H2,22,23,24,25). The molecule has 1 aromatic carbocycles. The van der Waals surface area contributed by atoms with Crippen LogP contribution in [0.2, 0.25) is 0 Å². The van der Waals surface area contributed by atoms with E-state index in [1.165, 1.54) is 0 Å². The molecule has 0 bridgehead atoms. The lowest BCUT2D eigenvalue weighted by Gasteiger charge is -2.21. The van der Waals surface area contributed by atoms with Crippen LogP contribution in [0, 0.1) is 17.5 Å². The van der Waals surface area contributed by atoms with E-state index in [9.17, 15) is 26.3 Å². The van der Waals surface area contributed by atoms with Crippen LogP contribution in [0.4, 0.5) is 43.8 Å². The van der Waals surface area contributed by atoms with Gasteiger partial charge in [-0.3, -0.25) is 0 Å². The Morgan fingerprint density at radius 2 is 1.44 bits per heavy atom. The molecule has 0 atom stereocenters. The molecule has 2 rings (SSSR count). The number of rotatable bonds is 3. The minimum Gasteiger partial charge on any atom is -0.350 e. The summed E-state index contributed by atoms with van der Waals surface area (Å²) in [6, 6.07) is 1.28. The van der Waals surface area contributed by atoms with E-state index in [0.717, 1.165) is 0 Å². The van der Waals surface area contributed by atoms with Gasteiger partial charge in [0.2, 0.25) is 5.95 Å². The predicted molar refractivity (Wildman–Crippen MR) is 80.0 cm³/mol. The highest BCUT2D eigenvalue weighted by Gasteiger charge is 2.34. The van der Waals surface area contributed by atoms with Crippen molar-refractivity contribution >= 4 is 17.5 Å². The van der Waals surface area contributed by atoms with Gasteiger partial charge in [-0.05, 0) is 20.8 Å². The van der Waals surface area contributed by atoms with Crippen LogP contribution in [0.3, 0.4) is 0 Å². The second-order valence-corrected chi connectivity index (χ2v) is 6.20. The van der Waals surface area contributed by atoms with Gasteiger partial charge in [0, 0.05) is 23.7 Å². The van der Waals surface area contributed by atoms with Gasteiger partial charge in [0.1, 0.15) is 17.3 Å². The summed E-state index contributed by atoms with van der Waals surface area (Å²) in [6.07, 6.45) is -4.80. The first kappa shape index (κ1) is 18.8. The maximum absolute atomic E-state index is 13.7. The molecule has 0 spiro atoms. The van der Waals surface area contributed by atoms with E-state index < -0.39 is 46.4 Å². The Bertz CT molecular complexity index is 760. The van der Waals surface area contributed by atoms with E-state index in [0.29, 0.717) is 18.2 Å².